The van der Waals surface area contributed by atoms with Crippen LogP contribution in [0.15, 0.2) is 18.5 Å². The van der Waals surface area contributed by atoms with Crippen LogP contribution >= 0.6 is 0 Å². The Labute approximate surface area is 104 Å². The van der Waals surface area contributed by atoms with Gasteiger partial charge in [-0.05, 0) is 0 Å². The van der Waals surface area contributed by atoms with Crippen molar-refractivity contribution in [1.29, 1.82) is 0 Å². The maximum Gasteiger partial charge on any atom is 0.158 e. The average molecular weight is 249 g/mol. The second-order valence-electron chi connectivity index (χ2n) is 3.62. The number of nitrogen functional groups attached to an aromatic ring is 1. The SMILES string of the molecule is COCc1nc(N)cc(NCCn2ccnn2)n1. The fourth-order valence-corrected chi connectivity index (χ4v) is 1.45. The zero-order valence-electron chi connectivity index (χ0n) is 10.1. The van der Waals surface area contributed by atoms with Crippen LogP contribution in [0.1, 0.15) is 5.82 Å². The van der Waals surface area contributed by atoms with Crippen LogP contribution in [0.2, 0.25) is 0 Å². The first-order chi connectivity index (χ1) is 8.78. The zero-order chi connectivity index (χ0) is 12.8. The Bertz CT molecular complexity index is 485. The van der Waals surface area contributed by atoms with Crippen molar-refractivity contribution in [2.24, 2.45) is 0 Å². The van der Waals surface area contributed by atoms with Gasteiger partial charge in [0.2, 0.25) is 0 Å². The quantitative estimate of drug-likeness (QED) is 0.737. The van der Waals surface area contributed by atoms with Gasteiger partial charge < -0.3 is 15.8 Å². The molecule has 0 aliphatic rings. The van der Waals surface area contributed by atoms with Crippen LogP contribution in [0.4, 0.5) is 11.6 Å². The third-order valence-corrected chi connectivity index (χ3v) is 2.18. The highest BCUT2D eigenvalue weighted by atomic mass is 16.5. The Morgan fingerprint density at radius 2 is 2.33 bits per heavy atom. The van der Waals surface area contributed by atoms with Gasteiger partial charge in [-0.15, -0.1) is 5.10 Å². The molecule has 0 radical (unpaired) electrons. The minimum Gasteiger partial charge on any atom is -0.384 e. The molecule has 8 nitrogen and oxygen atoms in total. The molecule has 0 bridgehead atoms. The second kappa shape index (κ2) is 5.92. The fraction of sp³-hybridized carbons (Fsp3) is 0.400. The van der Waals surface area contributed by atoms with Crippen LogP contribution in [0.3, 0.4) is 0 Å². The number of hydrogen-bond acceptors (Lipinski definition) is 7. The van der Waals surface area contributed by atoms with Crippen LogP contribution in [0, 0.1) is 0 Å². The van der Waals surface area contributed by atoms with Crippen molar-refractivity contribution in [3.05, 3.63) is 24.3 Å². The molecule has 8 heteroatoms. The maximum absolute atomic E-state index is 5.68. The van der Waals surface area contributed by atoms with Gasteiger partial charge in [-0.25, -0.2) is 9.97 Å². The van der Waals surface area contributed by atoms with Crippen molar-refractivity contribution >= 4 is 11.6 Å². The Balaban J connectivity index is 1.92. The molecule has 2 aromatic rings. The fourth-order valence-electron chi connectivity index (χ4n) is 1.45. The number of hydrogen-bond donors (Lipinski definition) is 2. The monoisotopic (exact) mass is 249 g/mol. The largest absolute Gasteiger partial charge is 0.384 e. The van der Waals surface area contributed by atoms with Gasteiger partial charge in [0.05, 0.1) is 12.7 Å². The van der Waals surface area contributed by atoms with Gasteiger partial charge in [-0.2, -0.15) is 0 Å². The predicted octanol–water partition coefficient (Wildman–Crippen LogP) is -0.0912. The molecule has 0 aliphatic heterocycles. The molecule has 0 fully saturated rings. The topological polar surface area (TPSA) is 104 Å². The maximum atomic E-state index is 5.68. The average Bonchev–Trinajstić information content (AvgIpc) is 2.82. The van der Waals surface area contributed by atoms with Crippen LogP contribution in [-0.4, -0.2) is 38.6 Å². The van der Waals surface area contributed by atoms with Gasteiger partial charge in [0.1, 0.15) is 18.2 Å². The lowest BCUT2D eigenvalue weighted by Crippen LogP contribution is -2.13. The summed E-state index contributed by atoms with van der Waals surface area (Å²) in [6.07, 6.45) is 3.44. The van der Waals surface area contributed by atoms with Crippen LogP contribution in [0.25, 0.3) is 0 Å². The van der Waals surface area contributed by atoms with E-state index in [1.165, 1.54) is 0 Å². The molecule has 0 aromatic carbocycles. The molecule has 0 unspecified atom stereocenters. The van der Waals surface area contributed by atoms with Crippen molar-refractivity contribution in [2.45, 2.75) is 13.2 Å². The highest BCUT2D eigenvalue weighted by Crippen LogP contribution is 2.08. The summed E-state index contributed by atoms with van der Waals surface area (Å²) in [4.78, 5) is 8.33. The van der Waals surface area contributed by atoms with Gasteiger partial charge in [0.25, 0.3) is 0 Å². The van der Waals surface area contributed by atoms with E-state index in [9.17, 15) is 0 Å². The van der Waals surface area contributed by atoms with E-state index in [1.807, 2.05) is 0 Å². The number of rotatable bonds is 6. The number of nitrogens with zero attached hydrogens (tertiary/aromatic N) is 5. The van der Waals surface area contributed by atoms with Crippen molar-refractivity contribution in [1.82, 2.24) is 25.0 Å². The zero-order valence-corrected chi connectivity index (χ0v) is 10.1. The second-order valence-corrected chi connectivity index (χ2v) is 3.62. The number of aromatic nitrogens is 5. The lowest BCUT2D eigenvalue weighted by atomic mass is 10.4. The number of nitrogens with two attached hydrogens (primary N) is 1. The van der Waals surface area contributed by atoms with Crippen molar-refractivity contribution in [3.8, 4) is 0 Å². The van der Waals surface area contributed by atoms with E-state index in [2.05, 4.69) is 25.6 Å². The summed E-state index contributed by atoms with van der Waals surface area (Å²) in [5, 5.41) is 10.7. The lowest BCUT2D eigenvalue weighted by Gasteiger charge is -2.07. The summed E-state index contributed by atoms with van der Waals surface area (Å²) in [6, 6.07) is 1.68. The van der Waals surface area contributed by atoms with E-state index >= 15 is 0 Å². The molecule has 3 N–H and O–H groups in total. The first-order valence-electron chi connectivity index (χ1n) is 5.48. The highest BCUT2D eigenvalue weighted by Gasteiger charge is 2.02. The van der Waals surface area contributed by atoms with E-state index < -0.39 is 0 Å². The molecule has 0 spiro atoms. The number of ether oxygens (including phenoxy) is 1. The summed E-state index contributed by atoms with van der Waals surface area (Å²) in [5.41, 5.74) is 5.68. The van der Waals surface area contributed by atoms with Gasteiger partial charge in [0, 0.05) is 25.9 Å². The van der Waals surface area contributed by atoms with E-state index in [4.69, 9.17) is 10.5 Å². The lowest BCUT2D eigenvalue weighted by molar-refractivity contribution is 0.178. The van der Waals surface area contributed by atoms with Crippen LogP contribution in [0.5, 0.6) is 0 Å². The Hall–Kier alpha value is -2.22. The Kier molecular flexibility index (Phi) is 4.02. The number of nitrogens with one attached hydrogen (secondary N) is 1. The first-order valence-corrected chi connectivity index (χ1v) is 5.48. The van der Waals surface area contributed by atoms with Gasteiger partial charge in [-0.3, -0.25) is 4.68 Å². The summed E-state index contributed by atoms with van der Waals surface area (Å²) >= 11 is 0. The third-order valence-electron chi connectivity index (χ3n) is 2.18. The van der Waals surface area contributed by atoms with Gasteiger partial charge >= 0.3 is 0 Å². The molecule has 2 rings (SSSR count). The highest BCUT2D eigenvalue weighted by molar-refractivity contribution is 5.44. The molecular weight excluding hydrogens is 234 g/mol. The standard InChI is InChI=1S/C10H15N7O/c1-18-7-10-14-8(11)6-9(15-10)12-2-4-17-5-3-13-16-17/h3,5-6H,2,4,7H2,1H3,(H3,11,12,14,15). The van der Waals surface area contributed by atoms with Crippen LogP contribution in [-0.2, 0) is 17.9 Å². The van der Waals surface area contributed by atoms with E-state index in [1.54, 1.807) is 30.3 Å². The number of anilines is 2. The van der Waals surface area contributed by atoms with Crippen LogP contribution < -0.4 is 11.1 Å². The van der Waals surface area contributed by atoms with Crippen molar-refractivity contribution < 1.29 is 4.74 Å². The first kappa shape index (κ1) is 12.2. The molecule has 0 aliphatic carbocycles. The molecule has 0 saturated carbocycles. The van der Waals surface area contributed by atoms with Gasteiger partial charge in [0.15, 0.2) is 5.82 Å². The van der Waals surface area contributed by atoms with Crippen molar-refractivity contribution in [2.75, 3.05) is 24.7 Å². The molecule has 96 valence electrons. The minimum atomic E-state index is 0.336. The smallest absolute Gasteiger partial charge is 0.158 e. The summed E-state index contributed by atoms with van der Waals surface area (Å²) < 4.78 is 6.70. The van der Waals surface area contributed by atoms with E-state index in [0.717, 1.165) is 0 Å². The number of methoxy groups -OCH3 is 1. The molecule has 0 amide bonds. The normalized spacial score (nSPS) is 10.5. The summed E-state index contributed by atoms with van der Waals surface area (Å²) in [5.74, 6) is 1.65. The summed E-state index contributed by atoms with van der Waals surface area (Å²) in [6.45, 7) is 1.71. The molecule has 0 saturated heterocycles. The Morgan fingerprint density at radius 3 is 3.06 bits per heavy atom. The summed E-state index contributed by atoms with van der Waals surface area (Å²) in [7, 11) is 1.59. The molecular formula is C10H15N7O. The van der Waals surface area contributed by atoms with E-state index in [-0.39, 0.29) is 0 Å². The molecule has 0 atom stereocenters. The molecule has 18 heavy (non-hydrogen) atoms. The predicted molar refractivity (Wildman–Crippen MR) is 65.7 cm³/mol. The molecule has 2 heterocycles. The molecule has 2 aromatic heterocycles. The van der Waals surface area contributed by atoms with E-state index in [0.29, 0.717) is 37.2 Å². The third kappa shape index (κ3) is 3.39. The Morgan fingerprint density at radius 1 is 1.44 bits per heavy atom. The van der Waals surface area contributed by atoms with Gasteiger partial charge in [-0.1, -0.05) is 5.21 Å². The minimum absolute atomic E-state index is 0.336. The van der Waals surface area contributed by atoms with Crippen molar-refractivity contribution in [3.63, 3.8) is 0 Å².